The number of unbranched alkanes of at least 4 members (excludes halogenated alkanes) is 26. The van der Waals surface area contributed by atoms with Gasteiger partial charge in [0, 0.05) is 12.8 Å². The summed E-state index contributed by atoms with van der Waals surface area (Å²) in [5.41, 5.74) is 0. The fraction of sp³-hybridized carbons (Fsp3) is 0.826. The standard InChI is InChI=1S/C46H85O8P/c1-3-5-7-9-11-13-15-17-19-21-23-25-27-29-31-33-35-37-39-41-46(48)54-44(43-53-55(49,50)51)42-52-45(47)40-38-36-34-32-30-28-26-24-22-20-18-16-14-12-10-8-6-4-2/h11,13,17,19-20,22,44H,3-10,12,14-16,18,21,23-43H2,1-2H3,(H2,49,50,51)/b13-11-,19-17-,22-20-. The molecule has 0 rings (SSSR count). The predicted octanol–water partition coefficient (Wildman–Crippen LogP) is 14.1. The van der Waals surface area contributed by atoms with E-state index >= 15 is 0 Å². The van der Waals surface area contributed by atoms with Gasteiger partial charge in [0.05, 0.1) is 6.61 Å². The topological polar surface area (TPSA) is 119 Å². The zero-order valence-electron chi connectivity index (χ0n) is 35.6. The maximum Gasteiger partial charge on any atom is 0.469 e. The van der Waals surface area contributed by atoms with Crippen molar-refractivity contribution in [3.63, 3.8) is 0 Å². The van der Waals surface area contributed by atoms with Gasteiger partial charge in [0.2, 0.25) is 0 Å². The molecule has 0 fully saturated rings. The molecule has 9 heteroatoms. The zero-order chi connectivity index (χ0) is 40.3. The maximum atomic E-state index is 12.4. The van der Waals surface area contributed by atoms with Gasteiger partial charge < -0.3 is 19.3 Å². The van der Waals surface area contributed by atoms with Crippen LogP contribution in [-0.2, 0) is 28.2 Å². The fourth-order valence-corrected chi connectivity index (χ4v) is 6.82. The van der Waals surface area contributed by atoms with Gasteiger partial charge in [0.25, 0.3) is 0 Å². The highest BCUT2D eigenvalue weighted by molar-refractivity contribution is 7.46. The van der Waals surface area contributed by atoms with E-state index in [0.29, 0.717) is 6.42 Å². The molecule has 0 aliphatic carbocycles. The SMILES string of the molecule is CCCCC/C=C\C/C=C\CCCCCCCCCCCC(=O)OC(COC(=O)CCCCCCCCC/C=C\CCCCCCCCC)COP(=O)(O)O. The van der Waals surface area contributed by atoms with Gasteiger partial charge in [-0.1, -0.05) is 179 Å². The van der Waals surface area contributed by atoms with E-state index in [1.807, 2.05) is 0 Å². The fourth-order valence-electron chi connectivity index (χ4n) is 6.46. The minimum absolute atomic E-state index is 0.207. The first kappa shape index (κ1) is 53.3. The third kappa shape index (κ3) is 44.8. The van der Waals surface area contributed by atoms with Crippen LogP contribution in [-0.4, -0.2) is 41.0 Å². The number of carbonyl (C=O) groups excluding carboxylic acids is 2. The largest absolute Gasteiger partial charge is 0.469 e. The lowest BCUT2D eigenvalue weighted by molar-refractivity contribution is -0.161. The summed E-state index contributed by atoms with van der Waals surface area (Å²) in [4.78, 5) is 43.0. The summed E-state index contributed by atoms with van der Waals surface area (Å²) in [6.45, 7) is 3.67. The molecule has 0 aliphatic heterocycles. The molecule has 0 aromatic carbocycles. The molecule has 322 valence electrons. The van der Waals surface area contributed by atoms with Gasteiger partial charge >= 0.3 is 19.8 Å². The number of rotatable bonds is 42. The van der Waals surface area contributed by atoms with Crippen LogP contribution in [0.2, 0.25) is 0 Å². The van der Waals surface area contributed by atoms with Crippen molar-refractivity contribution in [2.45, 2.75) is 232 Å². The minimum Gasteiger partial charge on any atom is -0.462 e. The third-order valence-electron chi connectivity index (χ3n) is 9.88. The van der Waals surface area contributed by atoms with Gasteiger partial charge in [0.15, 0.2) is 6.10 Å². The molecule has 1 atom stereocenters. The lowest BCUT2D eigenvalue weighted by atomic mass is 10.1. The summed E-state index contributed by atoms with van der Waals surface area (Å²) in [7, 11) is -4.76. The monoisotopic (exact) mass is 797 g/mol. The summed E-state index contributed by atoms with van der Waals surface area (Å²) < 4.78 is 26.5. The number of ether oxygens (including phenoxy) is 2. The van der Waals surface area contributed by atoms with Crippen molar-refractivity contribution in [2.24, 2.45) is 0 Å². The van der Waals surface area contributed by atoms with E-state index in [0.717, 1.165) is 64.2 Å². The van der Waals surface area contributed by atoms with Crippen LogP contribution in [0.1, 0.15) is 226 Å². The molecule has 0 spiro atoms. The second-order valence-electron chi connectivity index (χ2n) is 15.4. The molecular weight excluding hydrogens is 711 g/mol. The first-order valence-electron chi connectivity index (χ1n) is 22.8. The lowest BCUT2D eigenvalue weighted by Gasteiger charge is -2.18. The molecular formula is C46H85O8P. The Morgan fingerprint density at radius 2 is 0.818 bits per heavy atom. The van der Waals surface area contributed by atoms with E-state index in [1.54, 1.807) is 0 Å². The van der Waals surface area contributed by atoms with Gasteiger partial charge in [0.1, 0.15) is 6.61 Å². The second kappa shape index (κ2) is 41.9. The predicted molar refractivity (Wildman–Crippen MR) is 230 cm³/mol. The third-order valence-corrected chi connectivity index (χ3v) is 10.4. The normalized spacial score (nSPS) is 12.7. The van der Waals surface area contributed by atoms with Gasteiger partial charge in [-0.05, 0) is 70.6 Å². The highest BCUT2D eigenvalue weighted by atomic mass is 31.2. The van der Waals surface area contributed by atoms with Crippen molar-refractivity contribution in [1.82, 2.24) is 0 Å². The Kier molecular flexibility index (Phi) is 40.6. The Bertz CT molecular complexity index is 988. The molecule has 0 saturated heterocycles. The molecule has 0 aliphatic rings. The molecule has 1 unspecified atom stereocenters. The van der Waals surface area contributed by atoms with Crippen LogP contribution in [0.3, 0.4) is 0 Å². The number of phosphoric ester groups is 1. The van der Waals surface area contributed by atoms with Gasteiger partial charge in [-0.3, -0.25) is 14.1 Å². The van der Waals surface area contributed by atoms with E-state index < -0.39 is 32.5 Å². The van der Waals surface area contributed by atoms with Crippen LogP contribution in [0.5, 0.6) is 0 Å². The molecule has 0 radical (unpaired) electrons. The van der Waals surface area contributed by atoms with Crippen LogP contribution in [0, 0.1) is 0 Å². The van der Waals surface area contributed by atoms with Gasteiger partial charge in [-0.25, -0.2) is 4.57 Å². The number of phosphoric acid groups is 1. The quantitative estimate of drug-likeness (QED) is 0.0271. The molecule has 2 N–H and O–H groups in total. The van der Waals surface area contributed by atoms with E-state index in [-0.39, 0.29) is 19.4 Å². The smallest absolute Gasteiger partial charge is 0.462 e. The van der Waals surface area contributed by atoms with E-state index in [4.69, 9.17) is 19.3 Å². The average Bonchev–Trinajstić information content (AvgIpc) is 3.16. The van der Waals surface area contributed by atoms with Crippen molar-refractivity contribution in [1.29, 1.82) is 0 Å². The van der Waals surface area contributed by atoms with Crippen molar-refractivity contribution >= 4 is 19.8 Å². The van der Waals surface area contributed by atoms with Crippen molar-refractivity contribution < 1.29 is 37.9 Å². The molecule has 0 aromatic rings. The Balaban J connectivity index is 3.88. The van der Waals surface area contributed by atoms with Crippen LogP contribution in [0.15, 0.2) is 36.5 Å². The molecule has 0 aromatic heterocycles. The summed E-state index contributed by atoms with van der Waals surface area (Å²) in [6.07, 6.45) is 50.0. The van der Waals surface area contributed by atoms with Crippen LogP contribution < -0.4 is 0 Å². The number of allylic oxidation sites excluding steroid dienone is 6. The molecule has 55 heavy (non-hydrogen) atoms. The Labute approximate surface area is 338 Å². The Morgan fingerprint density at radius 1 is 0.473 bits per heavy atom. The zero-order valence-corrected chi connectivity index (χ0v) is 36.5. The van der Waals surface area contributed by atoms with Crippen LogP contribution >= 0.6 is 7.82 Å². The molecule has 0 bridgehead atoms. The highest BCUT2D eigenvalue weighted by Crippen LogP contribution is 2.36. The van der Waals surface area contributed by atoms with Crippen molar-refractivity contribution in [3.05, 3.63) is 36.5 Å². The summed E-state index contributed by atoms with van der Waals surface area (Å²) >= 11 is 0. The van der Waals surface area contributed by atoms with Crippen LogP contribution in [0.4, 0.5) is 0 Å². The minimum atomic E-state index is -4.76. The van der Waals surface area contributed by atoms with Crippen molar-refractivity contribution in [2.75, 3.05) is 13.2 Å². The molecule has 0 saturated carbocycles. The summed E-state index contributed by atoms with van der Waals surface area (Å²) in [5.74, 6) is -0.888. The maximum absolute atomic E-state index is 12.4. The number of esters is 2. The molecule has 0 heterocycles. The average molecular weight is 797 g/mol. The van der Waals surface area contributed by atoms with Gasteiger partial charge in [-0.2, -0.15) is 0 Å². The first-order chi connectivity index (χ1) is 26.8. The number of carbonyl (C=O) groups is 2. The van der Waals surface area contributed by atoms with Crippen LogP contribution in [0.25, 0.3) is 0 Å². The van der Waals surface area contributed by atoms with Gasteiger partial charge in [-0.15, -0.1) is 0 Å². The molecule has 0 amide bonds. The summed E-state index contributed by atoms with van der Waals surface area (Å²) in [5, 5.41) is 0. The van der Waals surface area contributed by atoms with E-state index in [1.165, 1.54) is 128 Å². The second-order valence-corrected chi connectivity index (χ2v) is 16.6. The first-order valence-corrected chi connectivity index (χ1v) is 24.3. The lowest BCUT2D eigenvalue weighted by Crippen LogP contribution is -2.29. The van der Waals surface area contributed by atoms with E-state index in [2.05, 4.69) is 54.8 Å². The molecule has 8 nitrogen and oxygen atoms in total. The van der Waals surface area contributed by atoms with E-state index in [9.17, 15) is 14.2 Å². The number of hydrogen-bond acceptors (Lipinski definition) is 6. The Hall–Kier alpha value is -1.73. The van der Waals surface area contributed by atoms with Crippen molar-refractivity contribution in [3.8, 4) is 0 Å². The summed E-state index contributed by atoms with van der Waals surface area (Å²) in [6, 6.07) is 0. The Morgan fingerprint density at radius 3 is 1.25 bits per heavy atom. The highest BCUT2D eigenvalue weighted by Gasteiger charge is 2.22. The number of hydrogen-bond donors (Lipinski definition) is 2.